The molecule has 8 nitrogen and oxygen atoms in total. The molecule has 0 aliphatic carbocycles. The molecule has 30 heavy (non-hydrogen) atoms. The molecule has 1 N–H and O–H groups in total. The highest BCUT2D eigenvalue weighted by atomic mass is 32.2. The minimum atomic E-state index is -0.135. The zero-order valence-electron chi connectivity index (χ0n) is 16.4. The average Bonchev–Trinajstić information content (AvgIpc) is 3.48. The summed E-state index contributed by atoms with van der Waals surface area (Å²) in [6.07, 6.45) is 1.65. The van der Waals surface area contributed by atoms with E-state index in [2.05, 4.69) is 20.5 Å². The third-order valence-electron chi connectivity index (χ3n) is 4.12. The Labute approximate surface area is 181 Å². The second-order valence-corrected chi connectivity index (χ2v) is 8.12. The summed E-state index contributed by atoms with van der Waals surface area (Å²) in [5, 5.41) is 14.8. The number of thiazole rings is 1. The Balaban J connectivity index is 1.59. The van der Waals surface area contributed by atoms with Gasteiger partial charge in [0.25, 0.3) is 0 Å². The van der Waals surface area contributed by atoms with Gasteiger partial charge in [0.05, 0.1) is 25.6 Å². The van der Waals surface area contributed by atoms with Crippen molar-refractivity contribution in [2.75, 3.05) is 12.4 Å². The standard InChI is InChI=1S/C20H19N5O3S2/c1-13(26)21-19-22-15(11-29-19)12-30-20-24-23-18(14-5-3-6-16(9-14)27-2)25(20)10-17-7-4-8-28-17/h3-9,11H,10,12H2,1-2H3,(H,21,22,26). The van der Waals surface area contributed by atoms with E-state index in [0.29, 0.717) is 17.4 Å². The maximum Gasteiger partial charge on any atom is 0.223 e. The normalized spacial score (nSPS) is 10.9. The number of hydrogen-bond donors (Lipinski definition) is 1. The molecule has 0 aliphatic heterocycles. The van der Waals surface area contributed by atoms with Crippen LogP contribution in [0.15, 0.2) is 57.6 Å². The molecule has 0 fully saturated rings. The number of benzene rings is 1. The Hall–Kier alpha value is -3.11. The number of carbonyl (C=O) groups is 1. The quantitative estimate of drug-likeness (QED) is 0.407. The van der Waals surface area contributed by atoms with Crippen molar-refractivity contribution in [2.24, 2.45) is 0 Å². The molecule has 4 aromatic rings. The Morgan fingerprint density at radius 1 is 1.30 bits per heavy atom. The van der Waals surface area contributed by atoms with Crippen molar-refractivity contribution in [2.45, 2.75) is 24.4 Å². The number of nitrogens with one attached hydrogen (secondary N) is 1. The summed E-state index contributed by atoms with van der Waals surface area (Å²) < 4.78 is 12.9. The first-order chi connectivity index (χ1) is 14.6. The average molecular weight is 442 g/mol. The lowest BCUT2D eigenvalue weighted by Crippen LogP contribution is -2.05. The monoisotopic (exact) mass is 441 g/mol. The van der Waals surface area contributed by atoms with Gasteiger partial charge in [-0.2, -0.15) is 0 Å². The van der Waals surface area contributed by atoms with E-state index in [0.717, 1.165) is 33.7 Å². The van der Waals surface area contributed by atoms with Gasteiger partial charge >= 0.3 is 0 Å². The molecule has 3 heterocycles. The van der Waals surface area contributed by atoms with Gasteiger partial charge in [-0.15, -0.1) is 21.5 Å². The lowest BCUT2D eigenvalue weighted by atomic mass is 10.2. The topological polar surface area (TPSA) is 95.1 Å². The number of nitrogens with zero attached hydrogens (tertiary/aromatic N) is 4. The molecular weight excluding hydrogens is 422 g/mol. The molecule has 0 saturated heterocycles. The SMILES string of the molecule is COc1cccc(-c2nnc(SCc3csc(NC(C)=O)n3)n2Cc2ccco2)c1. The second-order valence-electron chi connectivity index (χ2n) is 6.32. The molecule has 4 rings (SSSR count). The summed E-state index contributed by atoms with van der Waals surface area (Å²) >= 11 is 2.93. The first-order valence-electron chi connectivity index (χ1n) is 9.07. The van der Waals surface area contributed by atoms with Gasteiger partial charge in [-0.3, -0.25) is 9.36 Å². The highest BCUT2D eigenvalue weighted by molar-refractivity contribution is 7.98. The van der Waals surface area contributed by atoms with Gasteiger partial charge in [0.1, 0.15) is 11.5 Å². The van der Waals surface area contributed by atoms with Crippen LogP contribution in [-0.4, -0.2) is 32.8 Å². The molecular formula is C20H19N5O3S2. The first kappa shape index (κ1) is 20.2. The predicted octanol–water partition coefficient (Wildman–Crippen LogP) is 4.30. The van der Waals surface area contributed by atoms with E-state index in [1.54, 1.807) is 13.4 Å². The lowest BCUT2D eigenvalue weighted by molar-refractivity contribution is -0.114. The highest BCUT2D eigenvalue weighted by Crippen LogP contribution is 2.30. The van der Waals surface area contributed by atoms with Crippen molar-refractivity contribution in [1.29, 1.82) is 0 Å². The van der Waals surface area contributed by atoms with E-state index in [9.17, 15) is 4.79 Å². The molecule has 0 spiro atoms. The molecule has 0 saturated carbocycles. The predicted molar refractivity (Wildman–Crippen MR) is 116 cm³/mol. The number of hydrogen-bond acceptors (Lipinski definition) is 8. The molecule has 154 valence electrons. The molecule has 0 bridgehead atoms. The minimum absolute atomic E-state index is 0.135. The molecule has 1 aromatic carbocycles. The number of thioether (sulfide) groups is 1. The van der Waals surface area contributed by atoms with Gasteiger partial charge in [-0.05, 0) is 24.3 Å². The summed E-state index contributed by atoms with van der Waals surface area (Å²) in [6, 6.07) is 11.5. The summed E-state index contributed by atoms with van der Waals surface area (Å²) in [7, 11) is 1.64. The molecule has 1 amide bonds. The minimum Gasteiger partial charge on any atom is -0.497 e. The number of carbonyl (C=O) groups excluding carboxylic acids is 1. The van der Waals surface area contributed by atoms with Crippen molar-refractivity contribution in [3.05, 3.63) is 59.5 Å². The molecule has 10 heteroatoms. The van der Waals surface area contributed by atoms with Crippen LogP contribution in [0.25, 0.3) is 11.4 Å². The van der Waals surface area contributed by atoms with Crippen molar-refractivity contribution >= 4 is 34.1 Å². The summed E-state index contributed by atoms with van der Waals surface area (Å²) in [5.41, 5.74) is 1.77. The van der Waals surface area contributed by atoms with Gasteiger partial charge in [-0.25, -0.2) is 4.98 Å². The van der Waals surface area contributed by atoms with Crippen LogP contribution in [0.4, 0.5) is 5.13 Å². The van der Waals surface area contributed by atoms with E-state index in [-0.39, 0.29) is 5.91 Å². The smallest absolute Gasteiger partial charge is 0.223 e. The molecule has 0 aliphatic rings. The van der Waals surface area contributed by atoms with Gasteiger partial charge in [0.15, 0.2) is 16.1 Å². The maximum atomic E-state index is 11.2. The van der Waals surface area contributed by atoms with Crippen LogP contribution >= 0.6 is 23.1 Å². The van der Waals surface area contributed by atoms with Crippen LogP contribution in [0, 0.1) is 0 Å². The van der Waals surface area contributed by atoms with E-state index < -0.39 is 0 Å². The number of anilines is 1. The van der Waals surface area contributed by atoms with Crippen LogP contribution in [0.1, 0.15) is 18.4 Å². The number of furan rings is 1. The molecule has 0 unspecified atom stereocenters. The number of methoxy groups -OCH3 is 1. The molecule has 0 atom stereocenters. The molecule has 0 radical (unpaired) electrons. The van der Waals surface area contributed by atoms with Crippen LogP contribution in [-0.2, 0) is 17.1 Å². The fraction of sp³-hybridized carbons (Fsp3) is 0.200. The van der Waals surface area contributed by atoms with E-state index in [1.165, 1.54) is 30.0 Å². The Kier molecular flexibility index (Phi) is 6.15. The number of ether oxygens (including phenoxy) is 1. The first-order valence-corrected chi connectivity index (χ1v) is 10.9. The Morgan fingerprint density at radius 2 is 2.20 bits per heavy atom. The largest absolute Gasteiger partial charge is 0.497 e. The van der Waals surface area contributed by atoms with Gasteiger partial charge in [0.2, 0.25) is 5.91 Å². The van der Waals surface area contributed by atoms with Crippen molar-refractivity contribution in [3.8, 4) is 17.1 Å². The highest BCUT2D eigenvalue weighted by Gasteiger charge is 2.17. The van der Waals surface area contributed by atoms with E-state index >= 15 is 0 Å². The Morgan fingerprint density at radius 3 is 2.97 bits per heavy atom. The maximum absolute atomic E-state index is 11.2. The summed E-state index contributed by atoms with van der Waals surface area (Å²) in [4.78, 5) is 15.6. The van der Waals surface area contributed by atoms with Crippen LogP contribution in [0.3, 0.4) is 0 Å². The van der Waals surface area contributed by atoms with Gasteiger partial charge < -0.3 is 14.5 Å². The van der Waals surface area contributed by atoms with Crippen LogP contribution < -0.4 is 10.1 Å². The Bertz CT molecular complexity index is 1140. The van der Waals surface area contributed by atoms with Gasteiger partial charge in [0, 0.05) is 23.6 Å². The number of aromatic nitrogens is 4. The van der Waals surface area contributed by atoms with Crippen LogP contribution in [0.2, 0.25) is 0 Å². The third kappa shape index (κ3) is 4.71. The number of amides is 1. The van der Waals surface area contributed by atoms with Gasteiger partial charge in [-0.1, -0.05) is 23.9 Å². The zero-order chi connectivity index (χ0) is 20.9. The van der Waals surface area contributed by atoms with Crippen molar-refractivity contribution in [1.82, 2.24) is 19.7 Å². The summed E-state index contributed by atoms with van der Waals surface area (Å²) in [5.74, 6) is 2.75. The van der Waals surface area contributed by atoms with Crippen molar-refractivity contribution < 1.29 is 13.9 Å². The fourth-order valence-corrected chi connectivity index (χ4v) is 4.48. The van der Waals surface area contributed by atoms with Crippen LogP contribution in [0.5, 0.6) is 5.75 Å². The number of rotatable bonds is 8. The van der Waals surface area contributed by atoms with E-state index in [4.69, 9.17) is 9.15 Å². The second kappa shape index (κ2) is 9.14. The van der Waals surface area contributed by atoms with Crippen molar-refractivity contribution in [3.63, 3.8) is 0 Å². The fourth-order valence-electron chi connectivity index (χ4n) is 2.79. The molecule has 3 aromatic heterocycles. The van der Waals surface area contributed by atoms with E-state index in [1.807, 2.05) is 46.3 Å². The lowest BCUT2D eigenvalue weighted by Gasteiger charge is -2.09. The zero-order valence-corrected chi connectivity index (χ0v) is 18.0. The third-order valence-corrected chi connectivity index (χ3v) is 5.93. The summed E-state index contributed by atoms with van der Waals surface area (Å²) in [6.45, 7) is 1.97.